The van der Waals surface area contributed by atoms with Crippen LogP contribution in [0.1, 0.15) is 116 Å². The molecule has 0 saturated carbocycles. The molecule has 44 heteroatoms. The van der Waals surface area contributed by atoms with Gasteiger partial charge in [-0.2, -0.15) is 0 Å². The molecular formula is C72H90O44. The molecule has 5 aliphatic rings. The fourth-order valence-electron chi connectivity index (χ4n) is 12.9. The van der Waals surface area contributed by atoms with Gasteiger partial charge in [0.25, 0.3) is 0 Å². The number of hydrogen-bond acceptors (Lipinski definition) is 44. The Kier molecular flexibility index (Phi) is 33.4. The highest BCUT2D eigenvalue weighted by molar-refractivity contribution is 5.81. The lowest BCUT2D eigenvalue weighted by Crippen LogP contribution is -2.70. The second-order valence-electron chi connectivity index (χ2n) is 26.5. The van der Waals surface area contributed by atoms with Crippen LogP contribution in [0.25, 0.3) is 11.0 Å². The molecule has 0 N–H and O–H groups in total. The van der Waals surface area contributed by atoms with Crippen LogP contribution >= 0.6 is 0 Å². The van der Waals surface area contributed by atoms with Crippen LogP contribution in [-0.2, 0) is 195 Å². The molecule has 25 unspecified atom stereocenters. The summed E-state index contributed by atoms with van der Waals surface area (Å²) in [6, 6.07) is 5.47. The molecule has 1 aromatic carbocycles. The van der Waals surface area contributed by atoms with Crippen LogP contribution in [0.4, 0.5) is 0 Å². The zero-order valence-corrected chi connectivity index (χ0v) is 65.7. The van der Waals surface area contributed by atoms with E-state index in [-0.39, 0.29) is 11.3 Å². The standard InChI is InChI=1S/C72H90O44/c1-27-20-52(89)107-46-21-44(18-19-45(27)46)106-68-63(101-39(13)84)59(97-35(9)80)54(48(108-68)23-91-29(3)74)113-70-65(103-41(15)86)61(99-37(11)82)56(50(110-70)25-93-31(5)76)115-72-67(105-43(17)88)62(100-38(12)83)57(51(112-72)26-94-32(6)77)116-71-66(104-42(16)87)60(98-36(10)81)55(49(111-71)24-92-30(4)75)114-69-64(102-40(14)85)58(96-34(8)79)53(95-33(7)78)47(109-69)22-90-28(2)73/h18-21,47-51,53-72H,22-26H2,1-17H3. The average molecular weight is 1660 g/mol. The third kappa shape index (κ3) is 26.2. The fraction of sp³-hybridized carbons (Fsp3) is 0.653. The van der Waals surface area contributed by atoms with Crippen molar-refractivity contribution in [2.45, 2.75) is 271 Å². The minimum absolute atomic E-state index is 0.0251. The van der Waals surface area contributed by atoms with E-state index < -0.39 is 288 Å². The van der Waals surface area contributed by atoms with E-state index in [0.717, 1.165) is 111 Å². The maximum absolute atomic E-state index is 13.7. The normalized spacial score (nSPS) is 30.8. The average Bonchev–Trinajstić information content (AvgIpc) is 0.757. The molecule has 2 aromatic rings. The molecule has 6 heterocycles. The molecule has 0 amide bonds. The highest BCUT2D eigenvalue weighted by atomic mass is 16.8. The molecule has 5 fully saturated rings. The number of carbonyl (C=O) groups is 16. The van der Waals surface area contributed by atoms with Gasteiger partial charge in [0.2, 0.25) is 12.4 Å². The molecule has 642 valence electrons. The molecule has 0 radical (unpaired) electrons. The predicted octanol–water partition coefficient (Wildman–Crippen LogP) is -0.290. The Balaban J connectivity index is 1.36. The Hall–Kier alpha value is -10.6. The zero-order chi connectivity index (χ0) is 86.0. The van der Waals surface area contributed by atoms with Crippen molar-refractivity contribution in [1.82, 2.24) is 0 Å². The molecule has 1 aromatic heterocycles. The van der Waals surface area contributed by atoms with Gasteiger partial charge in [-0.05, 0) is 24.6 Å². The van der Waals surface area contributed by atoms with Crippen LogP contribution < -0.4 is 10.4 Å². The third-order valence-electron chi connectivity index (χ3n) is 16.9. The van der Waals surface area contributed by atoms with Gasteiger partial charge >= 0.3 is 101 Å². The van der Waals surface area contributed by atoms with E-state index in [1.807, 2.05) is 0 Å². The van der Waals surface area contributed by atoms with E-state index in [1.165, 1.54) is 24.3 Å². The Labute approximate surface area is 659 Å². The van der Waals surface area contributed by atoms with Crippen LogP contribution in [-0.4, -0.2) is 282 Å². The van der Waals surface area contributed by atoms with Crippen molar-refractivity contribution in [2.24, 2.45) is 0 Å². The molecule has 0 spiro atoms. The maximum Gasteiger partial charge on any atom is 0.336 e. The van der Waals surface area contributed by atoms with E-state index in [0.29, 0.717) is 10.9 Å². The summed E-state index contributed by atoms with van der Waals surface area (Å²) in [5.74, 6) is -17.7. The maximum atomic E-state index is 13.7. The first kappa shape index (κ1) is 92.6. The van der Waals surface area contributed by atoms with Crippen molar-refractivity contribution in [3.63, 3.8) is 0 Å². The minimum Gasteiger partial charge on any atom is -0.463 e. The van der Waals surface area contributed by atoms with Crippen molar-refractivity contribution < 1.29 is 204 Å². The van der Waals surface area contributed by atoms with Gasteiger partial charge in [-0.1, -0.05) is 0 Å². The van der Waals surface area contributed by atoms with Crippen LogP contribution in [0.15, 0.2) is 33.5 Å². The summed E-state index contributed by atoms with van der Waals surface area (Å²) in [6.07, 6.45) is -51.6. The van der Waals surface area contributed by atoms with Gasteiger partial charge in [-0.3, -0.25) is 76.7 Å². The number of aryl methyl sites for hydroxylation is 1. The molecule has 7 rings (SSSR count). The van der Waals surface area contributed by atoms with Crippen LogP contribution in [0.2, 0.25) is 0 Å². The van der Waals surface area contributed by atoms with Gasteiger partial charge in [-0.15, -0.1) is 0 Å². The Morgan fingerprint density at radius 2 is 0.483 bits per heavy atom. The Morgan fingerprint density at radius 1 is 0.267 bits per heavy atom. The van der Waals surface area contributed by atoms with E-state index >= 15 is 0 Å². The first-order valence-electron chi connectivity index (χ1n) is 35.6. The van der Waals surface area contributed by atoms with E-state index in [9.17, 15) is 81.5 Å². The lowest BCUT2D eigenvalue weighted by atomic mass is 9.94. The number of carbonyl (C=O) groups excluding carboxylic acids is 16. The van der Waals surface area contributed by atoms with Crippen LogP contribution in [0.3, 0.4) is 0 Å². The summed E-state index contributed by atoms with van der Waals surface area (Å²) in [7, 11) is 0. The van der Waals surface area contributed by atoms with Gasteiger partial charge in [0.1, 0.15) is 99.3 Å². The number of esters is 16. The topological polar surface area (TPSA) is 543 Å². The zero-order valence-electron chi connectivity index (χ0n) is 65.7. The van der Waals surface area contributed by atoms with Gasteiger partial charge in [0.05, 0.1) is 0 Å². The molecule has 5 aliphatic heterocycles. The molecule has 0 aliphatic carbocycles. The first-order chi connectivity index (χ1) is 54.5. The Bertz CT molecular complexity index is 4000. The predicted molar refractivity (Wildman–Crippen MR) is 365 cm³/mol. The van der Waals surface area contributed by atoms with Crippen molar-refractivity contribution in [1.29, 1.82) is 0 Å². The van der Waals surface area contributed by atoms with Crippen molar-refractivity contribution in [3.8, 4) is 5.75 Å². The van der Waals surface area contributed by atoms with Crippen LogP contribution in [0.5, 0.6) is 5.75 Å². The summed E-state index contributed by atoms with van der Waals surface area (Å²) < 4.78 is 160. The second kappa shape index (κ2) is 41.8. The molecular weight excluding hydrogens is 1570 g/mol. The number of fused-ring (bicyclic) bond motifs is 1. The Morgan fingerprint density at radius 3 is 0.733 bits per heavy atom. The van der Waals surface area contributed by atoms with Gasteiger partial charge in [0, 0.05) is 128 Å². The molecule has 116 heavy (non-hydrogen) atoms. The summed E-state index contributed by atoms with van der Waals surface area (Å²) in [5, 5.41) is 0.476. The smallest absolute Gasteiger partial charge is 0.336 e. The molecule has 0 bridgehead atoms. The fourth-order valence-corrected chi connectivity index (χ4v) is 12.9. The SMILES string of the molecule is CC(=O)OCC1OC(OC2C(COC(C)=O)OC(OC3C(COC(C)=O)OC(OC4C(COC(C)=O)OC(OC5C(COC(C)=O)OC(Oc6ccc7c(C)cc(=O)oc7c6)C(OC(C)=O)C5OC(C)=O)C(OC(C)=O)C4OC(C)=O)C(OC(C)=O)C3OC(C)=O)C(OC(C)=O)C2OC(C)=O)C(OC(C)=O)C(OC(C)=O)C1OC(C)=O. The monoisotopic (exact) mass is 1660 g/mol. The van der Waals surface area contributed by atoms with E-state index in [1.54, 1.807) is 6.92 Å². The lowest BCUT2D eigenvalue weighted by molar-refractivity contribution is -0.392. The van der Waals surface area contributed by atoms with Gasteiger partial charge in [0.15, 0.2) is 86.2 Å². The summed E-state index contributed by atoms with van der Waals surface area (Å²) in [6.45, 7) is 11.6. The number of benzene rings is 1. The van der Waals surface area contributed by atoms with Crippen molar-refractivity contribution in [2.75, 3.05) is 33.0 Å². The lowest BCUT2D eigenvalue weighted by Gasteiger charge is -2.51. The number of hydrogen-bond donors (Lipinski definition) is 0. The van der Waals surface area contributed by atoms with E-state index in [2.05, 4.69) is 0 Å². The summed E-state index contributed by atoms with van der Waals surface area (Å²) in [4.78, 5) is 223. The largest absolute Gasteiger partial charge is 0.463 e. The molecule has 25 atom stereocenters. The van der Waals surface area contributed by atoms with Gasteiger partial charge < -0.3 is 128 Å². The summed E-state index contributed by atoms with van der Waals surface area (Å²) in [5.41, 5.74) is -0.186. The van der Waals surface area contributed by atoms with Crippen LogP contribution in [0, 0.1) is 6.92 Å². The van der Waals surface area contributed by atoms with E-state index in [4.69, 9.17) is 128 Å². The number of rotatable bonds is 31. The second-order valence-corrected chi connectivity index (χ2v) is 26.5. The highest BCUT2D eigenvalue weighted by Gasteiger charge is 2.63. The van der Waals surface area contributed by atoms with Crippen molar-refractivity contribution >= 4 is 106 Å². The van der Waals surface area contributed by atoms with Gasteiger partial charge in [-0.25, -0.2) is 4.79 Å². The quantitative estimate of drug-likeness (QED) is 0.0532. The third-order valence-corrected chi connectivity index (χ3v) is 16.9. The minimum atomic E-state index is -2.36. The first-order valence-corrected chi connectivity index (χ1v) is 35.6. The highest BCUT2D eigenvalue weighted by Crippen LogP contribution is 2.42. The molecule has 44 nitrogen and oxygen atoms in total. The van der Waals surface area contributed by atoms with Crippen molar-refractivity contribution in [3.05, 3.63) is 40.2 Å². The molecule has 5 saturated heterocycles. The number of ether oxygens (including phenoxy) is 26. The summed E-state index contributed by atoms with van der Waals surface area (Å²) >= 11 is 0.